The Hall–Kier alpha value is -0.620. The monoisotopic (exact) mass is 371 g/mol. The van der Waals surface area contributed by atoms with Crippen molar-refractivity contribution in [1.29, 1.82) is 0 Å². The van der Waals surface area contributed by atoms with Gasteiger partial charge in [0.1, 0.15) is 0 Å². The van der Waals surface area contributed by atoms with Crippen LogP contribution in [0.25, 0.3) is 0 Å². The Labute approximate surface area is 101 Å². The lowest BCUT2D eigenvalue weighted by Crippen LogP contribution is -2.17. The summed E-state index contributed by atoms with van der Waals surface area (Å²) in [4.78, 5) is -1.68. The summed E-state index contributed by atoms with van der Waals surface area (Å²) in [5.74, 6) is -10.8. The Morgan fingerprint density at radius 1 is 1.00 bits per heavy atom. The van der Waals surface area contributed by atoms with Crippen molar-refractivity contribution >= 4 is 32.9 Å². The van der Waals surface area contributed by atoms with Gasteiger partial charge < -0.3 is 5.11 Å². The Bertz CT molecular complexity index is 518. The molecule has 16 heavy (non-hydrogen) atoms. The number of sulfonamides is 1. The van der Waals surface area contributed by atoms with E-state index in [0.717, 1.165) is 22.9 Å². The number of hydrogen-bond acceptors (Lipinski definition) is 3. The van der Waals surface area contributed by atoms with Gasteiger partial charge in [-0.2, -0.15) is 7.33 Å². The van der Waals surface area contributed by atoms with Crippen LogP contribution in [0.4, 0.5) is 17.6 Å². The molecule has 0 fully saturated rings. The molecule has 0 aliphatic rings. The first-order chi connectivity index (χ1) is 7.24. The van der Waals surface area contributed by atoms with Gasteiger partial charge in [0.2, 0.25) is 11.6 Å². The van der Waals surface area contributed by atoms with Gasteiger partial charge in [-0.1, -0.05) is 0 Å². The van der Waals surface area contributed by atoms with Gasteiger partial charge in [-0.25, -0.2) is 21.6 Å². The zero-order valence-electron chi connectivity index (χ0n) is 7.06. The normalized spacial score (nSPS) is 11.8. The number of phenols is 1. The van der Waals surface area contributed by atoms with Crippen molar-refractivity contribution in [1.82, 2.24) is 2.94 Å². The molecule has 0 bridgehead atoms. The quantitative estimate of drug-likeness (QED) is 0.273. The molecule has 1 aromatic carbocycles. The van der Waals surface area contributed by atoms with Gasteiger partial charge in [-0.3, -0.25) is 0 Å². The van der Waals surface area contributed by atoms with E-state index in [0.29, 0.717) is 0 Å². The SMILES string of the molecule is O=S(=O)(NI)c1c(O)c(F)c(F)c(F)c1F. The van der Waals surface area contributed by atoms with E-state index in [1.807, 2.05) is 0 Å². The number of aromatic hydroxyl groups is 1. The number of rotatable bonds is 2. The van der Waals surface area contributed by atoms with E-state index < -0.39 is 43.9 Å². The van der Waals surface area contributed by atoms with Crippen molar-refractivity contribution in [2.45, 2.75) is 4.90 Å². The minimum absolute atomic E-state index is 1.04. The zero-order chi connectivity index (χ0) is 12.7. The first-order valence-electron chi connectivity index (χ1n) is 3.41. The zero-order valence-corrected chi connectivity index (χ0v) is 10.0. The van der Waals surface area contributed by atoms with E-state index in [-0.39, 0.29) is 0 Å². The van der Waals surface area contributed by atoms with E-state index >= 15 is 0 Å². The molecule has 0 aliphatic heterocycles. The van der Waals surface area contributed by atoms with Gasteiger partial charge in [0, 0.05) is 22.9 Å². The minimum Gasteiger partial charge on any atom is -0.504 e. The maximum absolute atomic E-state index is 13.0. The largest absolute Gasteiger partial charge is 0.504 e. The van der Waals surface area contributed by atoms with Crippen LogP contribution in [0.5, 0.6) is 5.75 Å². The summed E-state index contributed by atoms with van der Waals surface area (Å²) < 4.78 is 74.7. The minimum atomic E-state index is -4.66. The summed E-state index contributed by atoms with van der Waals surface area (Å²) in [6.07, 6.45) is 0. The standard InChI is InChI=1S/C6H2F4INO3S/c7-1-2(8)4(10)6(5(13)3(1)9)16(14,15)12-11/h12-13H. The van der Waals surface area contributed by atoms with E-state index in [1.165, 1.54) is 2.94 Å². The number of phenolic OH excluding ortho intramolecular Hbond substituents is 1. The summed E-state index contributed by atoms with van der Waals surface area (Å²) >= 11 is 1.04. The molecule has 1 aromatic rings. The highest BCUT2D eigenvalue weighted by Crippen LogP contribution is 2.32. The van der Waals surface area contributed by atoms with Gasteiger partial charge in [-0.05, 0) is 0 Å². The van der Waals surface area contributed by atoms with E-state index in [1.54, 1.807) is 0 Å². The smallest absolute Gasteiger partial charge is 0.255 e. The predicted octanol–water partition coefficient (Wildman–Crippen LogP) is 1.58. The summed E-state index contributed by atoms with van der Waals surface area (Å²) in [5, 5.41) is 8.91. The van der Waals surface area contributed by atoms with Crippen LogP contribution in [0.1, 0.15) is 0 Å². The van der Waals surface area contributed by atoms with Crippen molar-refractivity contribution in [2.24, 2.45) is 0 Å². The van der Waals surface area contributed by atoms with Crippen molar-refractivity contribution in [3.05, 3.63) is 23.3 Å². The van der Waals surface area contributed by atoms with Gasteiger partial charge in [0.15, 0.2) is 22.3 Å². The molecule has 0 aromatic heterocycles. The first-order valence-corrected chi connectivity index (χ1v) is 5.97. The van der Waals surface area contributed by atoms with Crippen molar-refractivity contribution in [3.63, 3.8) is 0 Å². The van der Waals surface area contributed by atoms with Gasteiger partial charge in [-0.15, -0.1) is 0 Å². The fraction of sp³-hybridized carbons (Fsp3) is 0. The molecule has 0 saturated heterocycles. The molecule has 0 unspecified atom stereocenters. The summed E-state index contributed by atoms with van der Waals surface area (Å²) in [6, 6.07) is 0. The van der Waals surface area contributed by atoms with Crippen molar-refractivity contribution < 1.29 is 31.1 Å². The second kappa shape index (κ2) is 4.33. The Balaban J connectivity index is 3.79. The summed E-state index contributed by atoms with van der Waals surface area (Å²) in [5.41, 5.74) is 0. The van der Waals surface area contributed by atoms with Crippen molar-refractivity contribution in [2.75, 3.05) is 0 Å². The third-order valence-corrected chi connectivity index (χ3v) is 4.42. The molecule has 2 N–H and O–H groups in total. The molecule has 0 spiro atoms. The molecule has 0 atom stereocenters. The summed E-state index contributed by atoms with van der Waals surface area (Å²) in [6.45, 7) is 0. The molecule has 0 radical (unpaired) electrons. The molecular formula is C6H2F4INO3S. The second-order valence-electron chi connectivity index (χ2n) is 2.51. The van der Waals surface area contributed by atoms with Crippen LogP contribution in [0, 0.1) is 23.3 Å². The maximum atomic E-state index is 13.0. The highest BCUT2D eigenvalue weighted by atomic mass is 127. The highest BCUT2D eigenvalue weighted by Gasteiger charge is 2.32. The van der Waals surface area contributed by atoms with Gasteiger partial charge in [0.05, 0.1) is 0 Å². The van der Waals surface area contributed by atoms with Crippen LogP contribution in [0.2, 0.25) is 0 Å². The highest BCUT2D eigenvalue weighted by molar-refractivity contribution is 14.1. The topological polar surface area (TPSA) is 66.4 Å². The molecular weight excluding hydrogens is 369 g/mol. The van der Waals surface area contributed by atoms with E-state index in [4.69, 9.17) is 5.11 Å². The Kier molecular flexibility index (Phi) is 3.64. The third kappa shape index (κ3) is 1.96. The van der Waals surface area contributed by atoms with Crippen LogP contribution in [-0.2, 0) is 10.0 Å². The van der Waals surface area contributed by atoms with E-state index in [2.05, 4.69) is 0 Å². The molecule has 90 valence electrons. The molecule has 0 amide bonds. The maximum Gasteiger partial charge on any atom is 0.255 e. The van der Waals surface area contributed by atoms with Crippen LogP contribution in [0.3, 0.4) is 0 Å². The van der Waals surface area contributed by atoms with Crippen LogP contribution in [0.15, 0.2) is 4.90 Å². The lowest BCUT2D eigenvalue weighted by Gasteiger charge is -2.08. The lowest BCUT2D eigenvalue weighted by atomic mass is 10.3. The van der Waals surface area contributed by atoms with Crippen LogP contribution >= 0.6 is 22.9 Å². The predicted molar refractivity (Wildman–Crippen MR) is 52.3 cm³/mol. The number of benzene rings is 1. The fourth-order valence-corrected chi connectivity index (χ4v) is 2.29. The molecule has 4 nitrogen and oxygen atoms in total. The molecule has 1 rings (SSSR count). The van der Waals surface area contributed by atoms with Crippen LogP contribution in [-0.4, -0.2) is 13.5 Å². The Morgan fingerprint density at radius 2 is 1.44 bits per heavy atom. The van der Waals surface area contributed by atoms with Gasteiger partial charge in [0.25, 0.3) is 10.0 Å². The summed E-state index contributed by atoms with van der Waals surface area (Å²) in [7, 11) is -4.66. The average Bonchev–Trinajstić information content (AvgIpc) is 2.23. The third-order valence-electron chi connectivity index (χ3n) is 1.57. The number of nitrogens with one attached hydrogen (secondary N) is 1. The van der Waals surface area contributed by atoms with Crippen LogP contribution < -0.4 is 2.94 Å². The molecule has 10 heteroatoms. The number of halogens is 5. The van der Waals surface area contributed by atoms with Gasteiger partial charge >= 0.3 is 0 Å². The first kappa shape index (κ1) is 13.4. The number of hydrogen-bond donors (Lipinski definition) is 2. The molecule has 0 heterocycles. The average molecular weight is 371 g/mol. The lowest BCUT2D eigenvalue weighted by molar-refractivity contribution is 0.345. The van der Waals surface area contributed by atoms with E-state index in [9.17, 15) is 26.0 Å². The van der Waals surface area contributed by atoms with Crippen molar-refractivity contribution in [3.8, 4) is 5.75 Å². The molecule has 0 saturated carbocycles. The molecule has 0 aliphatic carbocycles. The fourth-order valence-electron chi connectivity index (χ4n) is 0.884. The second-order valence-corrected chi connectivity index (χ2v) is 5.40. The Morgan fingerprint density at radius 3 is 1.88 bits per heavy atom.